The van der Waals surface area contributed by atoms with Crippen LogP contribution in [0.2, 0.25) is 0 Å². The Morgan fingerprint density at radius 3 is 2.55 bits per heavy atom. The van der Waals surface area contributed by atoms with Crippen LogP contribution in [-0.4, -0.2) is 9.97 Å². The van der Waals surface area contributed by atoms with Gasteiger partial charge in [0.25, 0.3) is 0 Å². The molecule has 0 amide bonds. The van der Waals surface area contributed by atoms with Crippen LogP contribution in [0.5, 0.6) is 5.88 Å². The quantitative estimate of drug-likeness (QED) is 0.815. The molecule has 0 aliphatic carbocycles. The lowest BCUT2D eigenvalue weighted by Crippen LogP contribution is -2.10. The van der Waals surface area contributed by atoms with Crippen molar-refractivity contribution in [3.63, 3.8) is 0 Å². The fourth-order valence-electron chi connectivity index (χ4n) is 2.45. The van der Waals surface area contributed by atoms with Gasteiger partial charge in [-0.25, -0.2) is 4.98 Å². The Kier molecular flexibility index (Phi) is 3.20. The standard InChI is InChI=1S/C17H20N2O/c1-10(2)12-5-6-14-13(7-12)9-20-17-15(14)8-18-16(19-17)11(3)4/h5-8,10-11H,9H2,1-4H3. The fourth-order valence-corrected chi connectivity index (χ4v) is 2.45. The molecule has 0 N–H and O–H groups in total. The van der Waals surface area contributed by atoms with Crippen LogP contribution in [0.25, 0.3) is 11.1 Å². The van der Waals surface area contributed by atoms with E-state index in [4.69, 9.17) is 4.74 Å². The molecular formula is C17H20N2O. The van der Waals surface area contributed by atoms with Crippen LogP contribution in [0.1, 0.15) is 56.5 Å². The summed E-state index contributed by atoms with van der Waals surface area (Å²) in [6.45, 7) is 9.19. The van der Waals surface area contributed by atoms with Gasteiger partial charge in [-0.1, -0.05) is 45.9 Å². The van der Waals surface area contributed by atoms with Crippen molar-refractivity contribution in [3.05, 3.63) is 41.3 Å². The third kappa shape index (κ3) is 2.17. The summed E-state index contributed by atoms with van der Waals surface area (Å²) < 4.78 is 5.82. The third-order valence-electron chi connectivity index (χ3n) is 3.74. The highest BCUT2D eigenvalue weighted by Crippen LogP contribution is 2.37. The zero-order valence-corrected chi connectivity index (χ0v) is 12.5. The minimum atomic E-state index is 0.314. The largest absolute Gasteiger partial charge is 0.472 e. The van der Waals surface area contributed by atoms with Gasteiger partial charge >= 0.3 is 0 Å². The van der Waals surface area contributed by atoms with Gasteiger partial charge in [-0.15, -0.1) is 0 Å². The molecular weight excluding hydrogens is 248 g/mol. The topological polar surface area (TPSA) is 35.0 Å². The van der Waals surface area contributed by atoms with Crippen molar-refractivity contribution in [1.29, 1.82) is 0 Å². The Balaban J connectivity index is 2.07. The molecule has 1 aromatic carbocycles. The molecule has 1 aliphatic rings. The SMILES string of the molecule is CC(C)c1ccc2c(c1)COc1nc(C(C)C)ncc1-2. The van der Waals surface area contributed by atoms with E-state index in [9.17, 15) is 0 Å². The van der Waals surface area contributed by atoms with Crippen molar-refractivity contribution >= 4 is 0 Å². The van der Waals surface area contributed by atoms with Crippen molar-refractivity contribution in [2.24, 2.45) is 0 Å². The Morgan fingerprint density at radius 2 is 1.85 bits per heavy atom. The average molecular weight is 268 g/mol. The van der Waals surface area contributed by atoms with Crippen LogP contribution in [-0.2, 0) is 6.61 Å². The highest BCUT2D eigenvalue weighted by molar-refractivity contribution is 5.73. The Bertz CT molecular complexity index is 590. The van der Waals surface area contributed by atoms with E-state index in [1.807, 2.05) is 6.20 Å². The summed E-state index contributed by atoms with van der Waals surface area (Å²) in [5, 5.41) is 0. The van der Waals surface area contributed by atoms with E-state index < -0.39 is 0 Å². The lowest BCUT2D eigenvalue weighted by Gasteiger charge is -2.21. The second-order valence-electron chi connectivity index (χ2n) is 5.96. The first kappa shape index (κ1) is 13.1. The summed E-state index contributed by atoms with van der Waals surface area (Å²) in [5.41, 5.74) is 4.78. The molecule has 0 radical (unpaired) electrons. The number of hydrogen-bond donors (Lipinski definition) is 0. The van der Waals surface area contributed by atoms with E-state index in [-0.39, 0.29) is 0 Å². The molecule has 2 aromatic rings. The van der Waals surface area contributed by atoms with E-state index in [0.717, 1.165) is 11.4 Å². The van der Waals surface area contributed by atoms with Gasteiger partial charge in [-0.2, -0.15) is 4.98 Å². The second kappa shape index (κ2) is 4.89. The van der Waals surface area contributed by atoms with Crippen LogP contribution < -0.4 is 4.74 Å². The Labute approximate surface area is 120 Å². The lowest BCUT2D eigenvalue weighted by atomic mass is 9.94. The van der Waals surface area contributed by atoms with E-state index in [1.165, 1.54) is 16.7 Å². The Hall–Kier alpha value is -1.90. The molecule has 0 saturated carbocycles. The zero-order chi connectivity index (χ0) is 14.3. The maximum Gasteiger partial charge on any atom is 0.225 e. The van der Waals surface area contributed by atoms with Crippen LogP contribution in [0.3, 0.4) is 0 Å². The van der Waals surface area contributed by atoms with Crippen molar-refractivity contribution < 1.29 is 4.74 Å². The lowest BCUT2D eigenvalue weighted by molar-refractivity contribution is 0.287. The summed E-state index contributed by atoms with van der Waals surface area (Å²) in [4.78, 5) is 8.99. The van der Waals surface area contributed by atoms with E-state index in [0.29, 0.717) is 24.3 Å². The molecule has 0 fully saturated rings. The van der Waals surface area contributed by atoms with Gasteiger partial charge < -0.3 is 4.74 Å². The van der Waals surface area contributed by atoms with Crippen molar-refractivity contribution in [2.45, 2.75) is 46.1 Å². The molecule has 3 rings (SSSR count). The summed E-state index contributed by atoms with van der Waals surface area (Å²) in [6.07, 6.45) is 1.89. The first-order valence-electron chi connectivity index (χ1n) is 7.19. The maximum absolute atomic E-state index is 5.82. The van der Waals surface area contributed by atoms with Crippen LogP contribution in [0.15, 0.2) is 24.4 Å². The molecule has 104 valence electrons. The molecule has 0 atom stereocenters. The molecule has 20 heavy (non-hydrogen) atoms. The van der Waals surface area contributed by atoms with Gasteiger partial charge in [-0.3, -0.25) is 0 Å². The molecule has 0 spiro atoms. The highest BCUT2D eigenvalue weighted by atomic mass is 16.5. The summed E-state index contributed by atoms with van der Waals surface area (Å²) in [5.74, 6) is 2.40. The minimum absolute atomic E-state index is 0.314. The van der Waals surface area contributed by atoms with Crippen LogP contribution in [0, 0.1) is 0 Å². The van der Waals surface area contributed by atoms with E-state index in [2.05, 4.69) is 55.9 Å². The van der Waals surface area contributed by atoms with Crippen LogP contribution in [0.4, 0.5) is 0 Å². The third-order valence-corrected chi connectivity index (χ3v) is 3.74. The van der Waals surface area contributed by atoms with Crippen molar-refractivity contribution in [1.82, 2.24) is 9.97 Å². The molecule has 0 unspecified atom stereocenters. The zero-order valence-electron chi connectivity index (χ0n) is 12.5. The maximum atomic E-state index is 5.82. The highest BCUT2D eigenvalue weighted by Gasteiger charge is 2.20. The summed E-state index contributed by atoms with van der Waals surface area (Å²) >= 11 is 0. The number of nitrogens with zero attached hydrogens (tertiary/aromatic N) is 2. The van der Waals surface area contributed by atoms with Crippen LogP contribution >= 0.6 is 0 Å². The fraction of sp³-hybridized carbons (Fsp3) is 0.412. The molecule has 1 aliphatic heterocycles. The number of rotatable bonds is 2. The molecule has 0 saturated heterocycles. The van der Waals surface area contributed by atoms with E-state index >= 15 is 0 Å². The summed E-state index contributed by atoms with van der Waals surface area (Å²) in [6, 6.07) is 6.60. The van der Waals surface area contributed by atoms with Gasteiger partial charge in [0.15, 0.2) is 0 Å². The predicted molar refractivity (Wildman–Crippen MR) is 80.0 cm³/mol. The van der Waals surface area contributed by atoms with Gasteiger partial charge in [0.05, 0.1) is 5.56 Å². The van der Waals surface area contributed by atoms with Gasteiger partial charge in [0.1, 0.15) is 12.4 Å². The molecule has 0 bridgehead atoms. The molecule has 1 aromatic heterocycles. The average Bonchev–Trinajstić information content (AvgIpc) is 2.45. The van der Waals surface area contributed by atoms with E-state index in [1.54, 1.807) is 0 Å². The smallest absolute Gasteiger partial charge is 0.225 e. The summed E-state index contributed by atoms with van der Waals surface area (Å²) in [7, 11) is 0. The van der Waals surface area contributed by atoms with Gasteiger partial charge in [0.2, 0.25) is 5.88 Å². The number of aromatic nitrogens is 2. The monoisotopic (exact) mass is 268 g/mol. The van der Waals surface area contributed by atoms with Gasteiger partial charge in [0, 0.05) is 12.1 Å². The normalized spacial score (nSPS) is 13.1. The number of hydrogen-bond acceptors (Lipinski definition) is 3. The number of fused-ring (bicyclic) bond motifs is 3. The first-order chi connectivity index (χ1) is 9.56. The first-order valence-corrected chi connectivity index (χ1v) is 7.19. The number of benzene rings is 1. The molecule has 3 heteroatoms. The predicted octanol–water partition coefficient (Wildman–Crippen LogP) is 4.28. The van der Waals surface area contributed by atoms with Crippen molar-refractivity contribution in [3.8, 4) is 17.0 Å². The minimum Gasteiger partial charge on any atom is -0.472 e. The van der Waals surface area contributed by atoms with Gasteiger partial charge in [-0.05, 0) is 22.6 Å². The van der Waals surface area contributed by atoms with Crippen molar-refractivity contribution in [2.75, 3.05) is 0 Å². The molecule has 3 nitrogen and oxygen atoms in total. The molecule has 2 heterocycles. The number of ether oxygens (including phenoxy) is 1. The second-order valence-corrected chi connectivity index (χ2v) is 5.96. The Morgan fingerprint density at radius 1 is 1.05 bits per heavy atom.